The Morgan fingerprint density at radius 3 is 2.40 bits per heavy atom. The zero-order chi connectivity index (χ0) is 18.2. The molecule has 2 rings (SSSR count). The molecule has 2 N–H and O–H groups in total. The van der Waals surface area contributed by atoms with Crippen LogP contribution < -0.4 is 20.3 Å². The molecule has 0 aliphatic rings. The minimum Gasteiger partial charge on any atom is -0.493 e. The molecule has 25 heavy (non-hydrogen) atoms. The molecule has 6 nitrogen and oxygen atoms in total. The van der Waals surface area contributed by atoms with Crippen molar-refractivity contribution >= 4 is 11.8 Å². The van der Waals surface area contributed by atoms with Gasteiger partial charge in [-0.2, -0.15) is 0 Å². The fourth-order valence-corrected chi connectivity index (χ4v) is 2.11. The third-order valence-electron chi connectivity index (χ3n) is 3.32. The monoisotopic (exact) mass is 346 g/mol. The molecule has 0 aliphatic carbocycles. The number of methoxy groups -OCH3 is 1. The average Bonchev–Trinajstić information content (AvgIpc) is 2.62. The van der Waals surface area contributed by atoms with Gasteiger partial charge in [0.05, 0.1) is 20.1 Å². The predicted octanol–water partition coefficient (Wildman–Crippen LogP) is 2.24. The van der Waals surface area contributed by atoms with Gasteiger partial charge in [-0.3, -0.25) is 20.4 Å². The van der Waals surface area contributed by atoms with Gasteiger partial charge in [0.25, 0.3) is 5.91 Å². The minimum absolute atomic E-state index is 0.0210. The summed E-state index contributed by atoms with van der Waals surface area (Å²) in [5.74, 6) is -0.331. The SMILES string of the molecule is CCOc1ccc(C(=O)NNC(=O)Cc2ccc(F)cc2)cc1OC. The van der Waals surface area contributed by atoms with E-state index < -0.39 is 11.8 Å². The summed E-state index contributed by atoms with van der Waals surface area (Å²) in [6.07, 6.45) is 0.0210. The number of hydrogen-bond acceptors (Lipinski definition) is 4. The molecule has 0 aromatic heterocycles. The van der Waals surface area contributed by atoms with Crippen molar-refractivity contribution in [2.24, 2.45) is 0 Å². The van der Waals surface area contributed by atoms with E-state index in [0.29, 0.717) is 29.2 Å². The Morgan fingerprint density at radius 1 is 1.04 bits per heavy atom. The van der Waals surface area contributed by atoms with E-state index in [9.17, 15) is 14.0 Å². The number of hydrogen-bond donors (Lipinski definition) is 2. The van der Waals surface area contributed by atoms with Crippen LogP contribution in [-0.4, -0.2) is 25.5 Å². The average molecular weight is 346 g/mol. The molecule has 0 unspecified atom stereocenters. The lowest BCUT2D eigenvalue weighted by Gasteiger charge is -2.11. The van der Waals surface area contributed by atoms with E-state index in [1.165, 1.54) is 37.4 Å². The van der Waals surface area contributed by atoms with Crippen LogP contribution in [0.4, 0.5) is 4.39 Å². The summed E-state index contributed by atoms with van der Waals surface area (Å²) >= 11 is 0. The van der Waals surface area contributed by atoms with Gasteiger partial charge in [-0.15, -0.1) is 0 Å². The Morgan fingerprint density at radius 2 is 1.76 bits per heavy atom. The van der Waals surface area contributed by atoms with Crippen molar-refractivity contribution in [3.8, 4) is 11.5 Å². The molecular formula is C18H19FN2O4. The van der Waals surface area contributed by atoms with Gasteiger partial charge in [0.2, 0.25) is 5.91 Å². The third-order valence-corrected chi connectivity index (χ3v) is 3.32. The van der Waals surface area contributed by atoms with Gasteiger partial charge in [-0.25, -0.2) is 4.39 Å². The molecule has 0 heterocycles. The summed E-state index contributed by atoms with van der Waals surface area (Å²) in [4.78, 5) is 23.9. The Kier molecular flexibility index (Phi) is 6.33. The quantitative estimate of drug-likeness (QED) is 0.787. The molecular weight excluding hydrogens is 327 g/mol. The number of ether oxygens (including phenoxy) is 2. The van der Waals surface area contributed by atoms with Crippen molar-refractivity contribution in [3.63, 3.8) is 0 Å². The van der Waals surface area contributed by atoms with Crippen molar-refractivity contribution in [2.45, 2.75) is 13.3 Å². The van der Waals surface area contributed by atoms with Crippen LogP contribution in [0, 0.1) is 5.82 Å². The van der Waals surface area contributed by atoms with Crippen molar-refractivity contribution < 1.29 is 23.5 Å². The Hall–Kier alpha value is -3.09. The number of hydrazine groups is 1. The molecule has 2 aromatic rings. The van der Waals surface area contributed by atoms with Crippen LogP contribution in [0.2, 0.25) is 0 Å². The highest BCUT2D eigenvalue weighted by atomic mass is 19.1. The van der Waals surface area contributed by atoms with E-state index >= 15 is 0 Å². The molecule has 0 saturated carbocycles. The fourth-order valence-electron chi connectivity index (χ4n) is 2.11. The molecule has 2 amide bonds. The van der Waals surface area contributed by atoms with E-state index in [2.05, 4.69) is 10.9 Å². The second-order valence-electron chi connectivity index (χ2n) is 5.10. The van der Waals surface area contributed by atoms with Gasteiger partial charge >= 0.3 is 0 Å². The first-order valence-electron chi connectivity index (χ1n) is 7.68. The summed E-state index contributed by atoms with van der Waals surface area (Å²) in [5, 5.41) is 0. The smallest absolute Gasteiger partial charge is 0.269 e. The fraction of sp³-hybridized carbons (Fsp3) is 0.222. The van der Waals surface area contributed by atoms with E-state index in [4.69, 9.17) is 9.47 Å². The molecule has 2 aromatic carbocycles. The van der Waals surface area contributed by atoms with E-state index in [1.54, 1.807) is 12.1 Å². The maximum Gasteiger partial charge on any atom is 0.269 e. The molecule has 0 fully saturated rings. The second kappa shape index (κ2) is 8.68. The Balaban J connectivity index is 1.93. The lowest BCUT2D eigenvalue weighted by molar-refractivity contribution is -0.121. The van der Waals surface area contributed by atoms with Crippen LogP contribution in [0.25, 0.3) is 0 Å². The summed E-state index contributed by atoms with van der Waals surface area (Å²) in [7, 11) is 1.48. The zero-order valence-corrected chi connectivity index (χ0v) is 14.0. The zero-order valence-electron chi connectivity index (χ0n) is 14.0. The molecule has 0 atom stereocenters. The highest BCUT2D eigenvalue weighted by Gasteiger charge is 2.12. The van der Waals surface area contributed by atoms with Gasteiger partial charge in [-0.1, -0.05) is 12.1 Å². The minimum atomic E-state index is -0.492. The van der Waals surface area contributed by atoms with Gasteiger partial charge in [-0.05, 0) is 42.8 Å². The van der Waals surface area contributed by atoms with Crippen LogP contribution in [-0.2, 0) is 11.2 Å². The van der Waals surface area contributed by atoms with Crippen molar-refractivity contribution in [2.75, 3.05) is 13.7 Å². The maximum atomic E-state index is 12.8. The van der Waals surface area contributed by atoms with Crippen LogP contribution in [0.15, 0.2) is 42.5 Å². The maximum absolute atomic E-state index is 12.8. The molecule has 0 spiro atoms. The number of amides is 2. The normalized spacial score (nSPS) is 10.0. The number of rotatable bonds is 6. The number of benzene rings is 2. The lowest BCUT2D eigenvalue weighted by Crippen LogP contribution is -2.42. The van der Waals surface area contributed by atoms with Gasteiger partial charge < -0.3 is 9.47 Å². The van der Waals surface area contributed by atoms with Crippen LogP contribution >= 0.6 is 0 Å². The summed E-state index contributed by atoms with van der Waals surface area (Å²) in [5.41, 5.74) is 5.58. The van der Waals surface area contributed by atoms with Crippen LogP contribution in [0.1, 0.15) is 22.8 Å². The largest absolute Gasteiger partial charge is 0.493 e. The van der Waals surface area contributed by atoms with Crippen LogP contribution in [0.3, 0.4) is 0 Å². The molecule has 0 saturated heterocycles. The van der Waals surface area contributed by atoms with Crippen molar-refractivity contribution in [1.82, 2.24) is 10.9 Å². The Bertz CT molecular complexity index is 747. The standard InChI is InChI=1S/C18H19FN2O4/c1-3-25-15-9-6-13(11-16(15)24-2)18(23)21-20-17(22)10-12-4-7-14(19)8-5-12/h4-9,11H,3,10H2,1-2H3,(H,20,22)(H,21,23). The van der Waals surface area contributed by atoms with E-state index in [-0.39, 0.29) is 12.2 Å². The number of halogens is 1. The molecule has 132 valence electrons. The van der Waals surface area contributed by atoms with Crippen LogP contribution in [0.5, 0.6) is 11.5 Å². The highest BCUT2D eigenvalue weighted by Crippen LogP contribution is 2.27. The van der Waals surface area contributed by atoms with Gasteiger partial charge in [0.15, 0.2) is 11.5 Å². The molecule has 0 aliphatic heterocycles. The molecule has 0 bridgehead atoms. The summed E-state index contributed by atoms with van der Waals surface area (Å²) in [6, 6.07) is 10.3. The first-order valence-corrected chi connectivity index (χ1v) is 7.68. The third kappa shape index (κ3) is 5.20. The second-order valence-corrected chi connectivity index (χ2v) is 5.10. The molecule has 7 heteroatoms. The van der Waals surface area contributed by atoms with E-state index in [0.717, 1.165) is 0 Å². The summed E-state index contributed by atoms with van der Waals surface area (Å²) < 4.78 is 23.4. The lowest BCUT2D eigenvalue weighted by atomic mass is 10.1. The van der Waals surface area contributed by atoms with Crippen molar-refractivity contribution in [1.29, 1.82) is 0 Å². The summed E-state index contributed by atoms with van der Waals surface area (Å²) in [6.45, 7) is 2.32. The van der Waals surface area contributed by atoms with Gasteiger partial charge in [0, 0.05) is 5.56 Å². The first-order chi connectivity index (χ1) is 12.0. The number of carbonyl (C=O) groups is 2. The number of carbonyl (C=O) groups excluding carboxylic acids is 2. The van der Waals surface area contributed by atoms with Gasteiger partial charge in [0.1, 0.15) is 5.82 Å². The molecule has 0 radical (unpaired) electrons. The number of nitrogens with one attached hydrogen (secondary N) is 2. The highest BCUT2D eigenvalue weighted by molar-refractivity contribution is 5.96. The van der Waals surface area contributed by atoms with Crippen molar-refractivity contribution in [3.05, 3.63) is 59.4 Å². The first kappa shape index (κ1) is 18.3. The predicted molar refractivity (Wildman–Crippen MR) is 89.9 cm³/mol. The topological polar surface area (TPSA) is 76.7 Å². The van der Waals surface area contributed by atoms with E-state index in [1.807, 2.05) is 6.92 Å². The Labute approximate surface area is 144 Å².